The van der Waals surface area contributed by atoms with Gasteiger partial charge >= 0.3 is 0 Å². The number of hydrogen-bond acceptors (Lipinski definition) is 0. The zero-order valence-corrected chi connectivity index (χ0v) is 25.4. The molecule has 0 bridgehead atoms. The number of allylic oxidation sites excluding steroid dienone is 10. The van der Waals surface area contributed by atoms with E-state index in [1.807, 2.05) is 0 Å². The van der Waals surface area contributed by atoms with Crippen LogP contribution < -0.4 is 10.6 Å². The summed E-state index contributed by atoms with van der Waals surface area (Å²) in [7, 11) is -0.568. The largest absolute Gasteiger partial charge is 0.0929 e. The molecule has 4 aliphatic carbocycles. The fourth-order valence-corrected chi connectivity index (χ4v) is 14.6. The molecule has 2 aromatic carbocycles. The van der Waals surface area contributed by atoms with Gasteiger partial charge in [-0.2, -0.15) is 0 Å². The summed E-state index contributed by atoms with van der Waals surface area (Å²) in [6.45, 7) is 2.63. The van der Waals surface area contributed by atoms with Gasteiger partial charge in [-0.25, -0.2) is 0 Å². The van der Waals surface area contributed by atoms with Gasteiger partial charge < -0.3 is 0 Å². The van der Waals surface area contributed by atoms with Crippen molar-refractivity contribution in [3.63, 3.8) is 0 Å². The van der Waals surface area contributed by atoms with Gasteiger partial charge in [0.25, 0.3) is 0 Å². The second-order valence-corrected chi connectivity index (χ2v) is 17.2. The van der Waals surface area contributed by atoms with Crippen LogP contribution in [-0.2, 0) is 0 Å². The molecule has 6 rings (SSSR count). The molecule has 39 heavy (non-hydrogen) atoms. The third-order valence-corrected chi connectivity index (χ3v) is 16.0. The molecule has 0 amide bonds. The summed E-state index contributed by atoms with van der Waals surface area (Å²) in [4.78, 5) is 0. The predicted octanol–water partition coefficient (Wildman–Crippen LogP) is 9.94. The lowest BCUT2D eigenvalue weighted by Crippen LogP contribution is -2.27. The molecule has 0 aliphatic heterocycles. The van der Waals surface area contributed by atoms with Crippen LogP contribution >= 0.6 is 15.8 Å². The molecule has 2 heteroatoms. The second-order valence-electron chi connectivity index (χ2n) is 11.8. The summed E-state index contributed by atoms with van der Waals surface area (Å²) in [5, 5.41) is 2.93. The lowest BCUT2D eigenvalue weighted by Gasteiger charge is -2.43. The molecular weight excluding hydrogens is 506 g/mol. The van der Waals surface area contributed by atoms with E-state index in [0.29, 0.717) is 11.3 Å². The van der Waals surface area contributed by atoms with Crippen LogP contribution in [-0.4, -0.2) is 22.6 Å². The first-order valence-electron chi connectivity index (χ1n) is 15.5. The molecule has 2 fully saturated rings. The summed E-state index contributed by atoms with van der Waals surface area (Å²) < 4.78 is 0. The summed E-state index contributed by atoms with van der Waals surface area (Å²) in [6.07, 6.45) is 31.5. The third kappa shape index (κ3) is 6.04. The van der Waals surface area contributed by atoms with Gasteiger partial charge in [0.05, 0.1) is 0 Å². The molecular formula is C37H44P2. The first-order valence-corrected chi connectivity index (χ1v) is 18.4. The molecule has 0 spiro atoms. The Balaban J connectivity index is 1.38. The first kappa shape index (κ1) is 27.2. The molecule has 0 nitrogen and oxygen atoms in total. The molecule has 0 aromatic heterocycles. The third-order valence-electron chi connectivity index (χ3n) is 9.40. The quantitative estimate of drug-likeness (QED) is 0.301. The summed E-state index contributed by atoms with van der Waals surface area (Å²) in [6, 6.07) is 22.6. The molecule has 202 valence electrons. The lowest BCUT2D eigenvalue weighted by atomic mass is 9.95. The van der Waals surface area contributed by atoms with Crippen molar-refractivity contribution >= 4 is 26.5 Å². The van der Waals surface area contributed by atoms with E-state index in [4.69, 9.17) is 0 Å². The summed E-state index contributed by atoms with van der Waals surface area (Å²) >= 11 is 0. The molecule has 2 aromatic rings. The van der Waals surface area contributed by atoms with Crippen molar-refractivity contribution in [1.82, 2.24) is 0 Å². The first-order chi connectivity index (χ1) is 19.3. The van der Waals surface area contributed by atoms with E-state index < -0.39 is 7.92 Å². The smallest absolute Gasteiger partial charge is 0.0310 e. The standard InChI is InChI=1S/C37H44P2/c1-29(38(30-17-6-2-7-18-30)31-19-8-3-9-20-31)34-26-16-27-35(34)36-25-14-15-28-37(36)39(32-21-10-4-11-22-32)33-23-12-5-13-24-33/h4-5,10-16,21-31,37H,2-3,6-9,17-20H2,1H3/b36-35+/t29-,37?/m0/s1. The Morgan fingerprint density at radius 3 is 1.77 bits per heavy atom. The van der Waals surface area contributed by atoms with Crippen molar-refractivity contribution < 1.29 is 0 Å². The van der Waals surface area contributed by atoms with Crippen LogP contribution in [0.15, 0.2) is 120 Å². The van der Waals surface area contributed by atoms with Gasteiger partial charge in [-0.05, 0) is 72.3 Å². The lowest BCUT2D eigenvalue weighted by molar-refractivity contribution is 0.482. The minimum atomic E-state index is -0.554. The van der Waals surface area contributed by atoms with Crippen molar-refractivity contribution in [3.05, 3.63) is 120 Å². The Morgan fingerprint density at radius 2 is 1.21 bits per heavy atom. The van der Waals surface area contributed by atoms with Gasteiger partial charge in [0.15, 0.2) is 0 Å². The average Bonchev–Trinajstić information content (AvgIpc) is 3.50. The zero-order valence-electron chi connectivity index (χ0n) is 23.6. The normalized spacial score (nSPS) is 25.0. The molecule has 0 saturated heterocycles. The molecule has 2 saturated carbocycles. The number of benzene rings is 2. The van der Waals surface area contributed by atoms with Crippen LogP contribution in [0, 0.1) is 0 Å². The number of rotatable bonds is 7. The van der Waals surface area contributed by atoms with E-state index in [1.165, 1.54) is 86.0 Å². The SMILES string of the molecule is C[C@@H](C1=CC=C/C1=C1/C=CC=CC1P(c1ccccc1)c1ccccc1)P(C1CCCCC1)C1CCCCC1. The highest BCUT2D eigenvalue weighted by Gasteiger charge is 2.38. The molecule has 0 radical (unpaired) electrons. The molecule has 0 heterocycles. The van der Waals surface area contributed by atoms with E-state index in [-0.39, 0.29) is 7.92 Å². The Bertz CT molecular complexity index is 1180. The van der Waals surface area contributed by atoms with Crippen molar-refractivity contribution in [2.75, 3.05) is 0 Å². The monoisotopic (exact) mass is 550 g/mol. The minimum Gasteiger partial charge on any atom is -0.0929 e. The Hall–Kier alpha value is -2.00. The van der Waals surface area contributed by atoms with E-state index >= 15 is 0 Å². The highest BCUT2D eigenvalue weighted by Crippen LogP contribution is 2.62. The van der Waals surface area contributed by atoms with Crippen LogP contribution in [0.1, 0.15) is 71.1 Å². The Labute approximate surface area is 239 Å². The van der Waals surface area contributed by atoms with Crippen LogP contribution in [0.3, 0.4) is 0 Å². The molecule has 2 atom stereocenters. The van der Waals surface area contributed by atoms with Gasteiger partial charge in [-0.15, -0.1) is 0 Å². The van der Waals surface area contributed by atoms with Crippen molar-refractivity contribution in [1.29, 1.82) is 0 Å². The van der Waals surface area contributed by atoms with Gasteiger partial charge in [0.1, 0.15) is 0 Å². The summed E-state index contributed by atoms with van der Waals surface area (Å²) in [5.41, 5.74) is 7.73. The highest BCUT2D eigenvalue weighted by molar-refractivity contribution is 7.74. The topological polar surface area (TPSA) is 0 Å². The van der Waals surface area contributed by atoms with E-state index in [9.17, 15) is 0 Å². The zero-order chi connectivity index (χ0) is 26.4. The maximum absolute atomic E-state index is 2.63. The van der Waals surface area contributed by atoms with Gasteiger partial charge in [0, 0.05) is 11.3 Å². The van der Waals surface area contributed by atoms with Crippen LogP contribution in [0.4, 0.5) is 0 Å². The van der Waals surface area contributed by atoms with E-state index in [0.717, 1.165) is 11.3 Å². The Morgan fingerprint density at radius 1 is 0.641 bits per heavy atom. The van der Waals surface area contributed by atoms with E-state index in [2.05, 4.69) is 110 Å². The van der Waals surface area contributed by atoms with Crippen molar-refractivity contribution in [2.24, 2.45) is 0 Å². The maximum Gasteiger partial charge on any atom is 0.0310 e. The van der Waals surface area contributed by atoms with Crippen LogP contribution in [0.2, 0.25) is 0 Å². The van der Waals surface area contributed by atoms with Gasteiger partial charge in [-0.1, -0.05) is 157 Å². The van der Waals surface area contributed by atoms with Gasteiger partial charge in [-0.3, -0.25) is 0 Å². The fourth-order valence-electron chi connectivity index (χ4n) is 7.56. The van der Waals surface area contributed by atoms with Gasteiger partial charge in [0.2, 0.25) is 0 Å². The maximum atomic E-state index is 2.63. The molecule has 4 aliphatic rings. The minimum absolute atomic E-state index is 0.0134. The number of hydrogen-bond donors (Lipinski definition) is 0. The van der Waals surface area contributed by atoms with Crippen molar-refractivity contribution in [2.45, 2.75) is 93.8 Å². The van der Waals surface area contributed by atoms with Crippen molar-refractivity contribution in [3.8, 4) is 0 Å². The second kappa shape index (κ2) is 13.1. The molecule has 1 unspecified atom stereocenters. The van der Waals surface area contributed by atoms with E-state index in [1.54, 1.807) is 5.57 Å². The molecule has 0 N–H and O–H groups in total. The Kier molecular flexibility index (Phi) is 9.14. The average molecular weight is 551 g/mol. The van der Waals surface area contributed by atoms with Crippen LogP contribution in [0.25, 0.3) is 0 Å². The highest BCUT2D eigenvalue weighted by atomic mass is 31.1. The van der Waals surface area contributed by atoms with Crippen LogP contribution in [0.5, 0.6) is 0 Å². The predicted molar refractivity (Wildman–Crippen MR) is 176 cm³/mol. The summed E-state index contributed by atoms with van der Waals surface area (Å²) in [5.74, 6) is 0. The fraction of sp³-hybridized carbons (Fsp3) is 0.405.